The Bertz CT molecular complexity index is 390. The van der Waals surface area contributed by atoms with Crippen LogP contribution in [0.1, 0.15) is 33.1 Å². The maximum absolute atomic E-state index is 11.9. The topological polar surface area (TPSA) is 46.9 Å². The minimum atomic E-state index is -0.0479. The number of halogens is 1. The SMILES string of the molecule is CCCn1ccnc(NCCCC(C)Cl)c1=O. The van der Waals surface area contributed by atoms with Gasteiger partial charge in [0.25, 0.3) is 5.56 Å². The van der Waals surface area contributed by atoms with Crippen LogP contribution < -0.4 is 10.9 Å². The zero-order valence-electron chi connectivity index (χ0n) is 10.4. The van der Waals surface area contributed by atoms with Crippen LogP contribution >= 0.6 is 11.6 Å². The Hall–Kier alpha value is -1.03. The highest BCUT2D eigenvalue weighted by Gasteiger charge is 2.03. The number of rotatable bonds is 7. The molecule has 0 fully saturated rings. The first-order chi connectivity index (χ1) is 8.15. The van der Waals surface area contributed by atoms with Crippen LogP contribution in [0.25, 0.3) is 0 Å². The lowest BCUT2D eigenvalue weighted by molar-refractivity contribution is 0.648. The van der Waals surface area contributed by atoms with E-state index in [1.54, 1.807) is 17.0 Å². The third-order valence-electron chi connectivity index (χ3n) is 2.45. The molecule has 0 saturated heterocycles. The minimum Gasteiger partial charge on any atom is -0.365 e. The second-order valence-corrected chi connectivity index (χ2v) is 4.87. The lowest BCUT2D eigenvalue weighted by Crippen LogP contribution is -2.24. The zero-order chi connectivity index (χ0) is 12.7. The van der Waals surface area contributed by atoms with E-state index in [-0.39, 0.29) is 10.9 Å². The quantitative estimate of drug-likeness (QED) is 0.603. The molecule has 4 nitrogen and oxygen atoms in total. The number of alkyl halides is 1. The first kappa shape index (κ1) is 14.0. The fraction of sp³-hybridized carbons (Fsp3) is 0.667. The van der Waals surface area contributed by atoms with E-state index < -0.39 is 0 Å². The molecule has 1 heterocycles. The average Bonchev–Trinajstić information content (AvgIpc) is 2.29. The number of nitrogens with one attached hydrogen (secondary N) is 1. The van der Waals surface area contributed by atoms with Crippen molar-refractivity contribution in [1.29, 1.82) is 0 Å². The molecule has 0 aliphatic carbocycles. The third kappa shape index (κ3) is 4.77. The Labute approximate surface area is 107 Å². The second-order valence-electron chi connectivity index (χ2n) is 4.12. The van der Waals surface area contributed by atoms with Crippen LogP contribution in [-0.4, -0.2) is 21.5 Å². The molecule has 5 heteroatoms. The minimum absolute atomic E-state index is 0.0479. The summed E-state index contributed by atoms with van der Waals surface area (Å²) >= 11 is 5.85. The predicted molar refractivity (Wildman–Crippen MR) is 71.8 cm³/mol. The van der Waals surface area contributed by atoms with Gasteiger partial charge in [0.2, 0.25) is 0 Å². The van der Waals surface area contributed by atoms with Gasteiger partial charge in [-0.3, -0.25) is 4.79 Å². The van der Waals surface area contributed by atoms with E-state index in [2.05, 4.69) is 10.3 Å². The highest BCUT2D eigenvalue weighted by Crippen LogP contribution is 2.03. The smallest absolute Gasteiger partial charge is 0.293 e. The van der Waals surface area contributed by atoms with E-state index >= 15 is 0 Å². The van der Waals surface area contributed by atoms with Crippen LogP contribution in [0, 0.1) is 0 Å². The van der Waals surface area contributed by atoms with E-state index in [0.29, 0.717) is 5.82 Å². The van der Waals surface area contributed by atoms with Crippen molar-refractivity contribution >= 4 is 17.4 Å². The number of hydrogen-bond donors (Lipinski definition) is 1. The summed E-state index contributed by atoms with van der Waals surface area (Å²) in [6.45, 7) is 5.47. The Morgan fingerprint density at radius 1 is 1.59 bits per heavy atom. The van der Waals surface area contributed by atoms with Gasteiger partial charge < -0.3 is 9.88 Å². The van der Waals surface area contributed by atoms with Crippen LogP contribution in [0.15, 0.2) is 17.2 Å². The first-order valence-corrected chi connectivity index (χ1v) is 6.52. The predicted octanol–water partition coefficient (Wildman–Crippen LogP) is 2.47. The molecule has 1 rings (SSSR count). The summed E-state index contributed by atoms with van der Waals surface area (Å²) < 4.78 is 1.68. The number of aryl methyl sites for hydroxylation is 1. The molecule has 1 unspecified atom stereocenters. The summed E-state index contributed by atoms with van der Waals surface area (Å²) in [4.78, 5) is 16.0. The van der Waals surface area contributed by atoms with Crippen LogP contribution in [0.5, 0.6) is 0 Å². The maximum Gasteiger partial charge on any atom is 0.293 e. The largest absolute Gasteiger partial charge is 0.365 e. The Kier molecular flexibility index (Phi) is 6.05. The molecule has 1 aromatic heterocycles. The average molecular weight is 258 g/mol. The summed E-state index contributed by atoms with van der Waals surface area (Å²) in [5.41, 5.74) is -0.0479. The molecular formula is C12H20ClN3O. The van der Waals surface area contributed by atoms with Gasteiger partial charge in [-0.25, -0.2) is 4.98 Å². The van der Waals surface area contributed by atoms with E-state index in [0.717, 1.165) is 32.4 Å². The van der Waals surface area contributed by atoms with Gasteiger partial charge in [0, 0.05) is 30.9 Å². The Morgan fingerprint density at radius 2 is 2.35 bits per heavy atom. The van der Waals surface area contributed by atoms with Gasteiger partial charge in [-0.1, -0.05) is 6.92 Å². The number of hydrogen-bond acceptors (Lipinski definition) is 3. The van der Waals surface area contributed by atoms with E-state index in [1.807, 2.05) is 13.8 Å². The van der Waals surface area contributed by atoms with Crippen molar-refractivity contribution in [2.24, 2.45) is 0 Å². The number of aromatic nitrogens is 2. The fourth-order valence-corrected chi connectivity index (χ4v) is 1.73. The van der Waals surface area contributed by atoms with Crippen molar-refractivity contribution in [3.8, 4) is 0 Å². The van der Waals surface area contributed by atoms with Crippen LogP contribution in [0.2, 0.25) is 0 Å². The van der Waals surface area contributed by atoms with Crippen molar-refractivity contribution in [1.82, 2.24) is 9.55 Å². The summed E-state index contributed by atoms with van der Waals surface area (Å²) in [5.74, 6) is 0.433. The van der Waals surface area contributed by atoms with Crippen molar-refractivity contribution in [2.75, 3.05) is 11.9 Å². The molecule has 0 saturated carbocycles. The third-order valence-corrected chi connectivity index (χ3v) is 2.67. The molecule has 0 aliphatic heterocycles. The highest BCUT2D eigenvalue weighted by atomic mass is 35.5. The Morgan fingerprint density at radius 3 is 3.00 bits per heavy atom. The van der Waals surface area contributed by atoms with Gasteiger partial charge >= 0.3 is 0 Å². The van der Waals surface area contributed by atoms with Crippen molar-refractivity contribution in [3.63, 3.8) is 0 Å². The Balaban J connectivity index is 2.53. The molecule has 1 N–H and O–H groups in total. The molecule has 0 bridgehead atoms. The normalized spacial score (nSPS) is 12.4. The molecule has 0 aliphatic rings. The summed E-state index contributed by atoms with van der Waals surface area (Å²) in [5, 5.41) is 3.24. The monoisotopic (exact) mass is 257 g/mol. The van der Waals surface area contributed by atoms with E-state index in [4.69, 9.17) is 11.6 Å². The van der Waals surface area contributed by atoms with Crippen LogP contribution in [0.4, 0.5) is 5.82 Å². The second kappa shape index (κ2) is 7.33. The summed E-state index contributed by atoms with van der Waals surface area (Å²) in [7, 11) is 0. The van der Waals surface area contributed by atoms with Gasteiger partial charge in [0.05, 0.1) is 0 Å². The zero-order valence-corrected chi connectivity index (χ0v) is 11.2. The first-order valence-electron chi connectivity index (χ1n) is 6.08. The molecule has 96 valence electrons. The molecular weight excluding hydrogens is 238 g/mol. The van der Waals surface area contributed by atoms with E-state index in [1.165, 1.54) is 0 Å². The molecule has 1 aromatic rings. The van der Waals surface area contributed by atoms with E-state index in [9.17, 15) is 4.79 Å². The van der Waals surface area contributed by atoms with Crippen molar-refractivity contribution in [2.45, 2.75) is 45.0 Å². The fourth-order valence-electron chi connectivity index (χ4n) is 1.58. The lowest BCUT2D eigenvalue weighted by Gasteiger charge is -2.08. The number of nitrogens with zero attached hydrogens (tertiary/aromatic N) is 2. The van der Waals surface area contributed by atoms with Gasteiger partial charge in [0.1, 0.15) is 0 Å². The van der Waals surface area contributed by atoms with Crippen LogP contribution in [0.3, 0.4) is 0 Å². The molecule has 1 atom stereocenters. The van der Waals surface area contributed by atoms with Crippen LogP contribution in [-0.2, 0) is 6.54 Å². The standard InChI is InChI=1S/C12H20ClN3O/c1-3-8-16-9-7-15-11(12(16)17)14-6-4-5-10(2)13/h7,9-10H,3-6,8H2,1-2H3,(H,14,15). The number of anilines is 1. The maximum atomic E-state index is 11.9. The highest BCUT2D eigenvalue weighted by molar-refractivity contribution is 6.20. The van der Waals surface area contributed by atoms with Gasteiger partial charge in [0.15, 0.2) is 5.82 Å². The lowest BCUT2D eigenvalue weighted by atomic mass is 10.2. The van der Waals surface area contributed by atoms with Gasteiger partial charge in [-0.15, -0.1) is 11.6 Å². The van der Waals surface area contributed by atoms with Crippen molar-refractivity contribution in [3.05, 3.63) is 22.7 Å². The molecule has 0 amide bonds. The molecule has 17 heavy (non-hydrogen) atoms. The van der Waals surface area contributed by atoms with Crippen molar-refractivity contribution < 1.29 is 0 Å². The van der Waals surface area contributed by atoms with Gasteiger partial charge in [-0.05, 0) is 26.2 Å². The molecule has 0 radical (unpaired) electrons. The summed E-state index contributed by atoms with van der Waals surface area (Å²) in [6.07, 6.45) is 6.19. The van der Waals surface area contributed by atoms with Gasteiger partial charge in [-0.2, -0.15) is 0 Å². The molecule has 0 aromatic carbocycles. The summed E-state index contributed by atoms with van der Waals surface area (Å²) in [6, 6.07) is 0. The molecule has 0 spiro atoms.